The minimum atomic E-state index is -0.922. The Morgan fingerprint density at radius 3 is 2.56 bits per heavy atom. The Kier molecular flexibility index (Phi) is 7.27. The molecule has 2 heterocycles. The number of hydrogen-bond acceptors (Lipinski definition) is 4. The second-order valence-electron chi connectivity index (χ2n) is 8.03. The molecule has 1 fully saturated rings. The first-order valence-electron chi connectivity index (χ1n) is 10.9. The van der Waals surface area contributed by atoms with Crippen LogP contribution >= 0.6 is 11.3 Å². The number of benzene rings is 1. The third-order valence-corrected chi connectivity index (χ3v) is 6.62. The van der Waals surface area contributed by atoms with Crippen LogP contribution in [0.3, 0.4) is 0 Å². The van der Waals surface area contributed by atoms with E-state index in [0.29, 0.717) is 11.3 Å². The van der Waals surface area contributed by atoms with E-state index in [2.05, 4.69) is 10.3 Å². The maximum absolute atomic E-state index is 14.2. The number of carbonyl (C=O) groups excluding carboxylic acids is 2. The second-order valence-corrected chi connectivity index (χ2v) is 9.06. The van der Waals surface area contributed by atoms with Gasteiger partial charge in [0.1, 0.15) is 11.9 Å². The SMILES string of the molecule is O=C(NC1CCCCC1)C(c1ccncc1)N(C(=O)Cc1cccs1)c1cccc(F)c1. The highest BCUT2D eigenvalue weighted by molar-refractivity contribution is 7.10. The summed E-state index contributed by atoms with van der Waals surface area (Å²) in [5, 5.41) is 5.06. The second kappa shape index (κ2) is 10.5. The number of hydrogen-bond donors (Lipinski definition) is 1. The first-order chi connectivity index (χ1) is 15.6. The molecule has 2 amide bonds. The lowest BCUT2D eigenvalue weighted by atomic mass is 9.94. The van der Waals surface area contributed by atoms with E-state index in [1.807, 2.05) is 17.5 Å². The summed E-state index contributed by atoms with van der Waals surface area (Å²) in [6.45, 7) is 0. The van der Waals surface area contributed by atoms with Crippen LogP contribution in [0.15, 0.2) is 66.3 Å². The van der Waals surface area contributed by atoms with Crippen LogP contribution in [0, 0.1) is 5.82 Å². The predicted octanol–water partition coefficient (Wildman–Crippen LogP) is 5.05. The van der Waals surface area contributed by atoms with Gasteiger partial charge in [-0.15, -0.1) is 11.3 Å². The van der Waals surface area contributed by atoms with Crippen molar-refractivity contribution in [2.24, 2.45) is 0 Å². The van der Waals surface area contributed by atoms with Gasteiger partial charge < -0.3 is 5.32 Å². The molecule has 0 aliphatic heterocycles. The Balaban J connectivity index is 1.72. The van der Waals surface area contributed by atoms with E-state index in [-0.39, 0.29) is 24.3 Å². The maximum Gasteiger partial charge on any atom is 0.248 e. The van der Waals surface area contributed by atoms with Crippen LogP contribution in [-0.2, 0) is 16.0 Å². The number of thiophene rings is 1. The molecule has 0 radical (unpaired) electrons. The van der Waals surface area contributed by atoms with E-state index in [9.17, 15) is 14.0 Å². The number of aromatic nitrogens is 1. The minimum Gasteiger partial charge on any atom is -0.351 e. The molecule has 5 nitrogen and oxygen atoms in total. The summed E-state index contributed by atoms with van der Waals surface area (Å²) in [6, 6.07) is 12.2. The highest BCUT2D eigenvalue weighted by Crippen LogP contribution is 2.30. The molecule has 0 spiro atoms. The van der Waals surface area contributed by atoms with Crippen LogP contribution in [0.5, 0.6) is 0 Å². The first-order valence-corrected chi connectivity index (χ1v) is 11.8. The third kappa shape index (κ3) is 5.40. The number of amides is 2. The molecule has 2 aromatic heterocycles. The van der Waals surface area contributed by atoms with Gasteiger partial charge in [-0.25, -0.2) is 4.39 Å². The molecule has 166 valence electrons. The lowest BCUT2D eigenvalue weighted by molar-refractivity contribution is -0.127. The van der Waals surface area contributed by atoms with E-state index < -0.39 is 11.9 Å². The Hall–Kier alpha value is -3.06. The largest absolute Gasteiger partial charge is 0.351 e. The molecule has 1 N–H and O–H groups in total. The zero-order valence-electron chi connectivity index (χ0n) is 17.7. The molecule has 0 saturated heterocycles. The van der Waals surface area contributed by atoms with E-state index in [1.165, 1.54) is 34.8 Å². The smallest absolute Gasteiger partial charge is 0.248 e. The molecule has 1 saturated carbocycles. The van der Waals surface area contributed by atoms with Crippen molar-refractivity contribution in [3.63, 3.8) is 0 Å². The van der Waals surface area contributed by atoms with E-state index in [4.69, 9.17) is 0 Å². The molecule has 1 aromatic carbocycles. The van der Waals surface area contributed by atoms with Gasteiger partial charge in [0, 0.05) is 29.0 Å². The van der Waals surface area contributed by atoms with Crippen LogP contribution in [0.1, 0.15) is 48.6 Å². The van der Waals surface area contributed by atoms with Gasteiger partial charge in [-0.3, -0.25) is 19.5 Å². The molecule has 0 bridgehead atoms. The molecule has 32 heavy (non-hydrogen) atoms. The number of nitrogens with zero attached hydrogens (tertiary/aromatic N) is 2. The zero-order valence-corrected chi connectivity index (χ0v) is 18.6. The molecule has 3 aromatic rings. The normalized spacial score (nSPS) is 15.2. The van der Waals surface area contributed by atoms with E-state index in [0.717, 1.165) is 30.6 Å². The van der Waals surface area contributed by atoms with Gasteiger partial charge in [0.15, 0.2) is 0 Å². The highest BCUT2D eigenvalue weighted by atomic mass is 32.1. The number of pyridine rings is 1. The average Bonchev–Trinajstić information content (AvgIpc) is 3.31. The molecule has 1 aliphatic rings. The van der Waals surface area contributed by atoms with Crippen molar-refractivity contribution in [3.05, 3.63) is 82.6 Å². The fourth-order valence-electron chi connectivity index (χ4n) is 4.20. The fraction of sp³-hybridized carbons (Fsp3) is 0.320. The highest BCUT2D eigenvalue weighted by Gasteiger charge is 2.34. The Bertz CT molecular complexity index is 1040. The van der Waals surface area contributed by atoms with Crippen molar-refractivity contribution in [2.45, 2.75) is 50.6 Å². The summed E-state index contributed by atoms with van der Waals surface area (Å²) in [5.41, 5.74) is 0.990. The van der Waals surface area contributed by atoms with Crippen molar-refractivity contribution in [1.29, 1.82) is 0 Å². The van der Waals surface area contributed by atoms with Gasteiger partial charge in [0.25, 0.3) is 0 Å². The van der Waals surface area contributed by atoms with Crippen molar-refractivity contribution in [3.8, 4) is 0 Å². The lowest BCUT2D eigenvalue weighted by Crippen LogP contribution is -2.47. The summed E-state index contributed by atoms with van der Waals surface area (Å²) in [6.07, 6.45) is 8.52. The molecular weight excluding hydrogens is 425 g/mol. The summed E-state index contributed by atoms with van der Waals surface area (Å²) in [5.74, 6) is -0.983. The zero-order chi connectivity index (χ0) is 22.3. The van der Waals surface area contributed by atoms with Crippen molar-refractivity contribution >= 4 is 28.8 Å². The number of rotatable bonds is 7. The van der Waals surface area contributed by atoms with Gasteiger partial charge in [0.2, 0.25) is 11.8 Å². The number of carbonyl (C=O) groups is 2. The maximum atomic E-state index is 14.2. The Labute approximate surface area is 191 Å². The van der Waals surface area contributed by atoms with Crippen molar-refractivity contribution in [1.82, 2.24) is 10.3 Å². The third-order valence-electron chi connectivity index (χ3n) is 5.74. The minimum absolute atomic E-state index is 0.0855. The van der Waals surface area contributed by atoms with Crippen LogP contribution < -0.4 is 10.2 Å². The molecule has 1 atom stereocenters. The van der Waals surface area contributed by atoms with Crippen LogP contribution in [0.4, 0.5) is 10.1 Å². The van der Waals surface area contributed by atoms with Crippen LogP contribution in [0.25, 0.3) is 0 Å². The monoisotopic (exact) mass is 451 g/mol. The Morgan fingerprint density at radius 2 is 1.88 bits per heavy atom. The Morgan fingerprint density at radius 1 is 1.09 bits per heavy atom. The summed E-state index contributed by atoms with van der Waals surface area (Å²) in [4.78, 5) is 33.5. The van der Waals surface area contributed by atoms with Gasteiger partial charge in [-0.2, -0.15) is 0 Å². The standard InChI is InChI=1S/C25H26FN3O2S/c26-19-6-4-9-21(16-19)29(23(30)17-22-10-5-15-32-22)24(18-11-13-27-14-12-18)25(31)28-20-7-2-1-3-8-20/h4-6,9-16,20,24H,1-3,7-8,17H2,(H,28,31). The van der Waals surface area contributed by atoms with Gasteiger partial charge in [0.05, 0.1) is 6.42 Å². The molecule has 7 heteroatoms. The van der Waals surface area contributed by atoms with Crippen LogP contribution in [-0.4, -0.2) is 22.8 Å². The van der Waals surface area contributed by atoms with Gasteiger partial charge >= 0.3 is 0 Å². The van der Waals surface area contributed by atoms with Crippen LogP contribution in [0.2, 0.25) is 0 Å². The predicted molar refractivity (Wildman–Crippen MR) is 124 cm³/mol. The lowest BCUT2D eigenvalue weighted by Gasteiger charge is -2.33. The summed E-state index contributed by atoms with van der Waals surface area (Å²) >= 11 is 1.48. The molecule has 1 aliphatic carbocycles. The first kappa shape index (κ1) is 22.1. The average molecular weight is 452 g/mol. The fourth-order valence-corrected chi connectivity index (χ4v) is 4.90. The van der Waals surface area contributed by atoms with Gasteiger partial charge in [-0.1, -0.05) is 31.4 Å². The van der Waals surface area contributed by atoms with Crippen molar-refractivity contribution < 1.29 is 14.0 Å². The molecular formula is C25H26FN3O2S. The summed E-state index contributed by atoms with van der Waals surface area (Å²) in [7, 11) is 0. The number of anilines is 1. The summed E-state index contributed by atoms with van der Waals surface area (Å²) < 4.78 is 14.2. The quantitative estimate of drug-likeness (QED) is 0.547. The molecule has 1 unspecified atom stereocenters. The van der Waals surface area contributed by atoms with E-state index in [1.54, 1.807) is 36.7 Å². The topological polar surface area (TPSA) is 62.3 Å². The van der Waals surface area contributed by atoms with Crippen molar-refractivity contribution in [2.75, 3.05) is 4.90 Å². The number of halogens is 1. The van der Waals surface area contributed by atoms with E-state index >= 15 is 0 Å². The van der Waals surface area contributed by atoms with Gasteiger partial charge in [-0.05, 0) is 60.2 Å². The molecule has 4 rings (SSSR count). The number of nitrogens with one attached hydrogen (secondary N) is 1.